The Bertz CT molecular complexity index is 695. The lowest BCUT2D eigenvalue weighted by atomic mass is 10.2. The van der Waals surface area contributed by atoms with Gasteiger partial charge in [0.25, 0.3) is 0 Å². The number of aromatic nitrogens is 1. The van der Waals surface area contributed by atoms with Crippen LogP contribution in [0.25, 0.3) is 0 Å². The molecule has 1 aliphatic heterocycles. The summed E-state index contributed by atoms with van der Waals surface area (Å²) in [6, 6.07) is 7.90. The van der Waals surface area contributed by atoms with Crippen LogP contribution >= 0.6 is 11.3 Å². The first-order valence-corrected chi connectivity index (χ1v) is 8.91. The molecule has 2 amide bonds. The van der Waals surface area contributed by atoms with Gasteiger partial charge in [-0.15, -0.1) is 11.3 Å². The first-order valence-electron chi connectivity index (χ1n) is 8.10. The number of urea groups is 1. The fraction of sp³-hybridized carbons (Fsp3) is 0.412. The molecule has 128 valence electrons. The maximum absolute atomic E-state index is 12.4. The van der Waals surface area contributed by atoms with Crippen molar-refractivity contribution >= 4 is 28.2 Å². The number of aryl methyl sites for hydroxylation is 1. The largest absolute Gasteiger partial charge is 0.495 e. The summed E-state index contributed by atoms with van der Waals surface area (Å²) in [5, 5.41) is 3.57. The van der Waals surface area contributed by atoms with Gasteiger partial charge in [0, 0.05) is 37.3 Å². The molecule has 0 saturated carbocycles. The quantitative estimate of drug-likeness (QED) is 0.924. The third kappa shape index (κ3) is 3.62. The van der Waals surface area contributed by atoms with Crippen molar-refractivity contribution in [3.63, 3.8) is 0 Å². The lowest BCUT2D eigenvalue weighted by Crippen LogP contribution is -2.50. The van der Waals surface area contributed by atoms with Crippen molar-refractivity contribution in [2.24, 2.45) is 0 Å². The second kappa shape index (κ2) is 7.53. The van der Waals surface area contributed by atoms with Crippen molar-refractivity contribution in [1.29, 1.82) is 0 Å². The Morgan fingerprint density at radius 2 is 2.04 bits per heavy atom. The Morgan fingerprint density at radius 3 is 2.71 bits per heavy atom. The molecular formula is C17H22N4O2S. The highest BCUT2D eigenvalue weighted by molar-refractivity contribution is 7.15. The van der Waals surface area contributed by atoms with E-state index < -0.39 is 0 Å². The molecule has 0 unspecified atom stereocenters. The monoisotopic (exact) mass is 346 g/mol. The van der Waals surface area contributed by atoms with Crippen LogP contribution in [0.1, 0.15) is 11.8 Å². The molecule has 0 atom stereocenters. The Balaban J connectivity index is 1.57. The van der Waals surface area contributed by atoms with E-state index in [4.69, 9.17) is 4.74 Å². The fourth-order valence-electron chi connectivity index (χ4n) is 2.74. The maximum atomic E-state index is 12.4. The van der Waals surface area contributed by atoms with Crippen LogP contribution in [0.2, 0.25) is 0 Å². The van der Waals surface area contributed by atoms with Gasteiger partial charge in [0.2, 0.25) is 0 Å². The molecule has 1 fully saturated rings. The molecule has 7 heteroatoms. The molecular weight excluding hydrogens is 324 g/mol. The molecule has 1 aliphatic rings. The number of amides is 2. The number of anilines is 2. The Labute approximate surface area is 146 Å². The van der Waals surface area contributed by atoms with E-state index in [0.29, 0.717) is 18.2 Å². The number of para-hydroxylation sites is 2. The van der Waals surface area contributed by atoms with E-state index in [1.165, 1.54) is 16.2 Å². The van der Waals surface area contributed by atoms with E-state index in [9.17, 15) is 4.79 Å². The van der Waals surface area contributed by atoms with Crippen LogP contribution in [0.4, 0.5) is 15.6 Å². The molecule has 0 radical (unpaired) electrons. The summed E-state index contributed by atoms with van der Waals surface area (Å²) in [4.78, 5) is 21.9. The van der Waals surface area contributed by atoms with Crippen LogP contribution < -0.4 is 15.0 Å². The predicted molar refractivity (Wildman–Crippen MR) is 97.3 cm³/mol. The van der Waals surface area contributed by atoms with Crippen LogP contribution in [0.3, 0.4) is 0 Å². The van der Waals surface area contributed by atoms with E-state index in [1.807, 2.05) is 29.3 Å². The van der Waals surface area contributed by atoms with Crippen molar-refractivity contribution in [3.05, 3.63) is 35.3 Å². The second-order valence-electron chi connectivity index (χ2n) is 5.56. The van der Waals surface area contributed by atoms with Crippen molar-refractivity contribution in [2.45, 2.75) is 13.3 Å². The topological polar surface area (TPSA) is 57.7 Å². The number of ether oxygens (including phenoxy) is 1. The molecule has 2 aromatic rings. The van der Waals surface area contributed by atoms with Gasteiger partial charge in [-0.3, -0.25) is 5.32 Å². The highest BCUT2D eigenvalue weighted by Gasteiger charge is 2.23. The lowest BCUT2D eigenvalue weighted by molar-refractivity contribution is 0.208. The van der Waals surface area contributed by atoms with E-state index in [1.54, 1.807) is 7.11 Å². The van der Waals surface area contributed by atoms with Gasteiger partial charge in [0.15, 0.2) is 5.13 Å². The Hall–Kier alpha value is -2.28. The minimum Gasteiger partial charge on any atom is -0.495 e. The molecule has 1 aromatic carbocycles. The van der Waals surface area contributed by atoms with E-state index in [0.717, 1.165) is 30.9 Å². The van der Waals surface area contributed by atoms with Crippen molar-refractivity contribution in [2.75, 3.05) is 43.5 Å². The molecule has 0 aliphatic carbocycles. The van der Waals surface area contributed by atoms with E-state index in [-0.39, 0.29) is 6.03 Å². The smallest absolute Gasteiger partial charge is 0.323 e. The minimum absolute atomic E-state index is 0.0771. The third-order valence-electron chi connectivity index (χ3n) is 4.11. The molecule has 1 N–H and O–H groups in total. The van der Waals surface area contributed by atoms with Crippen molar-refractivity contribution < 1.29 is 9.53 Å². The first kappa shape index (κ1) is 16.6. The average Bonchev–Trinajstić information content (AvgIpc) is 3.09. The summed E-state index contributed by atoms with van der Waals surface area (Å²) < 4.78 is 5.42. The summed E-state index contributed by atoms with van der Waals surface area (Å²) in [6.07, 6.45) is 2.75. The number of piperazine rings is 1. The van der Waals surface area contributed by atoms with Gasteiger partial charge in [-0.2, -0.15) is 0 Å². The number of thiazole rings is 1. The first-order chi connectivity index (χ1) is 11.7. The standard InChI is InChI=1S/C17H22N4O2S/c1-3-13-12-18-16(24-13)19-17(22)21-10-8-20(9-11-21)14-6-4-5-7-15(14)23-2/h4-7,12H,3,8-11H2,1-2H3,(H,18,19,22). The molecule has 0 bridgehead atoms. The number of carbonyl (C=O) groups excluding carboxylic acids is 1. The Kier molecular flexibility index (Phi) is 5.20. The zero-order chi connectivity index (χ0) is 16.9. The fourth-order valence-corrected chi connectivity index (χ4v) is 3.48. The van der Waals surface area contributed by atoms with Gasteiger partial charge in [-0.25, -0.2) is 9.78 Å². The third-order valence-corrected chi connectivity index (χ3v) is 5.17. The van der Waals surface area contributed by atoms with E-state index >= 15 is 0 Å². The molecule has 1 aromatic heterocycles. The number of hydrogen-bond donors (Lipinski definition) is 1. The second-order valence-corrected chi connectivity index (χ2v) is 6.68. The summed E-state index contributed by atoms with van der Waals surface area (Å²) in [5.74, 6) is 0.866. The van der Waals surface area contributed by atoms with Gasteiger partial charge >= 0.3 is 6.03 Å². The Morgan fingerprint density at radius 1 is 1.29 bits per heavy atom. The van der Waals surface area contributed by atoms with Crippen LogP contribution in [0.15, 0.2) is 30.5 Å². The normalized spacial score (nSPS) is 14.6. The number of nitrogens with one attached hydrogen (secondary N) is 1. The summed E-state index contributed by atoms with van der Waals surface area (Å²) in [5.41, 5.74) is 1.08. The number of carbonyl (C=O) groups is 1. The molecule has 0 spiro atoms. The van der Waals surface area contributed by atoms with Crippen molar-refractivity contribution in [1.82, 2.24) is 9.88 Å². The highest BCUT2D eigenvalue weighted by Crippen LogP contribution is 2.28. The summed E-state index contributed by atoms with van der Waals surface area (Å²) in [7, 11) is 1.68. The zero-order valence-corrected chi connectivity index (χ0v) is 14.8. The maximum Gasteiger partial charge on any atom is 0.323 e. The summed E-state index contributed by atoms with van der Waals surface area (Å²) in [6.45, 7) is 5.00. The van der Waals surface area contributed by atoms with Gasteiger partial charge in [0.05, 0.1) is 12.8 Å². The number of nitrogens with zero attached hydrogens (tertiary/aromatic N) is 3. The van der Waals surface area contributed by atoms with Crippen LogP contribution in [0.5, 0.6) is 5.75 Å². The number of benzene rings is 1. The van der Waals surface area contributed by atoms with E-state index in [2.05, 4.69) is 28.2 Å². The highest BCUT2D eigenvalue weighted by atomic mass is 32.1. The van der Waals surface area contributed by atoms with Crippen LogP contribution in [-0.2, 0) is 6.42 Å². The van der Waals surface area contributed by atoms with Gasteiger partial charge in [0.1, 0.15) is 5.75 Å². The van der Waals surface area contributed by atoms with Crippen molar-refractivity contribution in [3.8, 4) is 5.75 Å². The predicted octanol–water partition coefficient (Wildman–Crippen LogP) is 3.07. The number of rotatable bonds is 4. The zero-order valence-electron chi connectivity index (χ0n) is 14.0. The lowest BCUT2D eigenvalue weighted by Gasteiger charge is -2.36. The molecule has 2 heterocycles. The minimum atomic E-state index is -0.0771. The van der Waals surface area contributed by atoms with Gasteiger partial charge < -0.3 is 14.5 Å². The molecule has 1 saturated heterocycles. The van der Waals surface area contributed by atoms with Gasteiger partial charge in [-0.1, -0.05) is 19.1 Å². The summed E-state index contributed by atoms with van der Waals surface area (Å²) >= 11 is 1.53. The molecule has 6 nitrogen and oxygen atoms in total. The molecule has 3 rings (SSSR count). The molecule has 24 heavy (non-hydrogen) atoms. The average molecular weight is 346 g/mol. The number of hydrogen-bond acceptors (Lipinski definition) is 5. The van der Waals surface area contributed by atoms with Crippen LogP contribution in [-0.4, -0.2) is 49.2 Å². The SMILES string of the molecule is CCc1cnc(NC(=O)N2CCN(c3ccccc3OC)CC2)s1. The van der Waals surface area contributed by atoms with Gasteiger partial charge in [-0.05, 0) is 18.6 Å². The van der Waals surface area contributed by atoms with Crippen LogP contribution in [0, 0.1) is 0 Å². The number of methoxy groups -OCH3 is 1.